The molecule has 1 N–H and O–H groups in total. The summed E-state index contributed by atoms with van der Waals surface area (Å²) in [7, 11) is 0. The van der Waals surface area contributed by atoms with Crippen molar-refractivity contribution < 1.29 is 14.3 Å². The van der Waals surface area contributed by atoms with Crippen LogP contribution in [0.25, 0.3) is 10.4 Å². The zero-order valence-corrected chi connectivity index (χ0v) is 12.2. The number of benzene rings is 1. The molecule has 112 valence electrons. The third kappa shape index (κ3) is 5.16. The predicted molar refractivity (Wildman–Crippen MR) is 77.2 cm³/mol. The molecule has 1 aromatic carbocycles. The maximum Gasteiger partial charge on any atom is 0.317 e. The van der Waals surface area contributed by atoms with Crippen LogP contribution in [0.5, 0.6) is 0 Å². The highest BCUT2D eigenvalue weighted by Gasteiger charge is 2.31. The SMILES string of the molecule is CC(=O)N[C@@H](c1ccccc1)[C@H](N=[N+]=[N-])C(=O)OC(C)C. The normalized spacial score (nSPS) is 13.0. The fraction of sp³-hybridized carbons (Fsp3) is 0.429. The number of hydrogen-bond acceptors (Lipinski definition) is 4. The molecule has 0 heterocycles. The van der Waals surface area contributed by atoms with Crippen molar-refractivity contribution in [1.82, 2.24) is 5.32 Å². The Balaban J connectivity index is 3.15. The quantitative estimate of drug-likeness (QED) is 0.376. The van der Waals surface area contributed by atoms with Gasteiger partial charge < -0.3 is 10.1 Å². The Morgan fingerprint density at radius 2 is 1.90 bits per heavy atom. The first-order valence-electron chi connectivity index (χ1n) is 6.52. The minimum Gasteiger partial charge on any atom is -0.463 e. The first-order chi connectivity index (χ1) is 9.95. The van der Waals surface area contributed by atoms with Crippen molar-refractivity contribution in [2.45, 2.75) is 39.0 Å². The lowest BCUT2D eigenvalue weighted by Crippen LogP contribution is -2.39. The Kier molecular flexibility index (Phi) is 6.23. The molecule has 0 saturated heterocycles. The average Bonchev–Trinajstić information content (AvgIpc) is 2.42. The van der Waals surface area contributed by atoms with Crippen molar-refractivity contribution in [2.75, 3.05) is 0 Å². The third-order valence-electron chi connectivity index (χ3n) is 2.60. The van der Waals surface area contributed by atoms with Crippen LogP contribution in [-0.2, 0) is 14.3 Å². The van der Waals surface area contributed by atoms with E-state index in [2.05, 4.69) is 15.3 Å². The van der Waals surface area contributed by atoms with Crippen molar-refractivity contribution >= 4 is 11.9 Å². The van der Waals surface area contributed by atoms with Crippen molar-refractivity contribution in [3.63, 3.8) is 0 Å². The number of azide groups is 1. The minimum atomic E-state index is -1.16. The lowest BCUT2D eigenvalue weighted by atomic mass is 9.99. The summed E-state index contributed by atoms with van der Waals surface area (Å²) in [6.45, 7) is 4.72. The van der Waals surface area contributed by atoms with Gasteiger partial charge in [0, 0.05) is 11.8 Å². The number of carbonyl (C=O) groups excluding carboxylic acids is 2. The van der Waals surface area contributed by atoms with Gasteiger partial charge in [0.2, 0.25) is 5.91 Å². The summed E-state index contributed by atoms with van der Waals surface area (Å²) < 4.78 is 5.09. The number of hydrogen-bond donors (Lipinski definition) is 1. The second kappa shape index (κ2) is 7.91. The van der Waals surface area contributed by atoms with Gasteiger partial charge in [-0.05, 0) is 24.9 Å². The monoisotopic (exact) mass is 290 g/mol. The van der Waals surface area contributed by atoms with Gasteiger partial charge in [-0.15, -0.1) is 0 Å². The third-order valence-corrected chi connectivity index (χ3v) is 2.60. The summed E-state index contributed by atoms with van der Waals surface area (Å²) in [6.07, 6.45) is -0.345. The maximum atomic E-state index is 12.1. The molecule has 0 unspecified atom stereocenters. The van der Waals surface area contributed by atoms with E-state index in [-0.39, 0.29) is 12.0 Å². The molecule has 0 aliphatic rings. The van der Waals surface area contributed by atoms with Crippen molar-refractivity contribution in [3.05, 3.63) is 46.3 Å². The number of nitrogens with zero attached hydrogens (tertiary/aromatic N) is 3. The second-order valence-electron chi connectivity index (χ2n) is 4.72. The van der Waals surface area contributed by atoms with Crippen LogP contribution in [-0.4, -0.2) is 24.0 Å². The highest BCUT2D eigenvalue weighted by molar-refractivity contribution is 5.80. The van der Waals surface area contributed by atoms with E-state index in [9.17, 15) is 9.59 Å². The van der Waals surface area contributed by atoms with Crippen molar-refractivity contribution in [3.8, 4) is 0 Å². The molecule has 0 aliphatic heterocycles. The molecule has 7 nitrogen and oxygen atoms in total. The number of rotatable bonds is 6. The predicted octanol–water partition coefficient (Wildman–Crippen LogP) is 2.49. The maximum absolute atomic E-state index is 12.1. The number of carbonyl (C=O) groups is 2. The van der Waals surface area contributed by atoms with Gasteiger partial charge in [0.15, 0.2) is 6.04 Å². The van der Waals surface area contributed by atoms with E-state index in [0.717, 1.165) is 0 Å². The van der Waals surface area contributed by atoms with Gasteiger partial charge >= 0.3 is 5.97 Å². The largest absolute Gasteiger partial charge is 0.463 e. The summed E-state index contributed by atoms with van der Waals surface area (Å²) in [5, 5.41) is 6.13. The molecule has 1 rings (SSSR count). The Bertz CT molecular complexity index is 538. The van der Waals surface area contributed by atoms with Crippen LogP contribution in [0.4, 0.5) is 0 Å². The van der Waals surface area contributed by atoms with E-state index in [0.29, 0.717) is 5.56 Å². The van der Waals surface area contributed by atoms with Crippen LogP contribution in [0.3, 0.4) is 0 Å². The van der Waals surface area contributed by atoms with Crippen molar-refractivity contribution in [1.29, 1.82) is 0 Å². The topological polar surface area (TPSA) is 104 Å². The molecule has 0 fully saturated rings. The summed E-state index contributed by atoms with van der Waals surface area (Å²) in [5.74, 6) is -1.01. The van der Waals surface area contributed by atoms with Crippen LogP contribution in [0, 0.1) is 0 Å². The first-order valence-corrected chi connectivity index (χ1v) is 6.52. The lowest BCUT2D eigenvalue weighted by molar-refractivity contribution is -0.149. The van der Waals surface area contributed by atoms with Gasteiger partial charge in [-0.25, -0.2) is 0 Å². The fourth-order valence-electron chi connectivity index (χ4n) is 1.83. The molecule has 1 amide bonds. The zero-order chi connectivity index (χ0) is 15.8. The molecule has 1 aromatic rings. The van der Waals surface area contributed by atoms with E-state index in [4.69, 9.17) is 10.3 Å². The molecule has 21 heavy (non-hydrogen) atoms. The molecule has 0 spiro atoms. The standard InChI is InChI=1S/C14H18N4O3/c1-9(2)21-14(20)13(17-18-15)12(16-10(3)19)11-7-5-4-6-8-11/h4-9,12-13H,1-3H3,(H,16,19)/t12-,13-/m0/s1. The molecule has 2 atom stereocenters. The average molecular weight is 290 g/mol. The zero-order valence-electron chi connectivity index (χ0n) is 12.2. The highest BCUT2D eigenvalue weighted by Crippen LogP contribution is 2.21. The molecule has 0 saturated carbocycles. The van der Waals surface area contributed by atoms with E-state index >= 15 is 0 Å². The Morgan fingerprint density at radius 1 is 1.29 bits per heavy atom. The molecule has 0 aromatic heterocycles. The van der Waals surface area contributed by atoms with Crippen LogP contribution >= 0.6 is 0 Å². The summed E-state index contributed by atoms with van der Waals surface area (Å²) in [6, 6.07) is 6.89. The second-order valence-corrected chi connectivity index (χ2v) is 4.72. The smallest absolute Gasteiger partial charge is 0.317 e. The van der Waals surface area contributed by atoms with E-state index in [1.165, 1.54) is 6.92 Å². The molecule has 0 bridgehead atoms. The summed E-state index contributed by atoms with van der Waals surface area (Å²) >= 11 is 0. The van der Waals surface area contributed by atoms with Gasteiger partial charge in [-0.1, -0.05) is 35.4 Å². The molecule has 0 radical (unpaired) electrons. The lowest BCUT2D eigenvalue weighted by Gasteiger charge is -2.24. The van der Waals surface area contributed by atoms with Gasteiger partial charge in [-0.2, -0.15) is 0 Å². The highest BCUT2D eigenvalue weighted by atomic mass is 16.5. The molecular weight excluding hydrogens is 272 g/mol. The molecular formula is C14H18N4O3. The Hall–Kier alpha value is -2.53. The van der Waals surface area contributed by atoms with Crippen LogP contribution in [0.15, 0.2) is 35.4 Å². The summed E-state index contributed by atoms with van der Waals surface area (Å²) in [5.41, 5.74) is 9.35. The fourth-order valence-corrected chi connectivity index (χ4v) is 1.83. The number of nitrogens with one attached hydrogen (secondary N) is 1. The minimum absolute atomic E-state index is 0.334. The molecule has 7 heteroatoms. The van der Waals surface area contributed by atoms with E-state index in [1.807, 2.05) is 6.07 Å². The summed E-state index contributed by atoms with van der Waals surface area (Å²) in [4.78, 5) is 26.2. The first kappa shape index (κ1) is 16.5. The Labute approximate surface area is 122 Å². The van der Waals surface area contributed by atoms with Gasteiger partial charge in [-0.3, -0.25) is 9.59 Å². The van der Waals surface area contributed by atoms with E-state index < -0.39 is 18.1 Å². The van der Waals surface area contributed by atoms with Crippen molar-refractivity contribution in [2.24, 2.45) is 5.11 Å². The van der Waals surface area contributed by atoms with Crippen LogP contribution in [0.1, 0.15) is 32.4 Å². The van der Waals surface area contributed by atoms with E-state index in [1.54, 1.807) is 38.1 Å². The van der Waals surface area contributed by atoms with Gasteiger partial charge in [0.25, 0.3) is 0 Å². The van der Waals surface area contributed by atoms with Crippen LogP contribution < -0.4 is 5.32 Å². The molecule has 0 aliphatic carbocycles. The number of esters is 1. The Morgan fingerprint density at radius 3 is 2.38 bits per heavy atom. The van der Waals surface area contributed by atoms with Gasteiger partial charge in [0.1, 0.15) is 0 Å². The number of amides is 1. The van der Waals surface area contributed by atoms with Gasteiger partial charge in [0.05, 0.1) is 12.1 Å². The number of ether oxygens (including phenoxy) is 1. The van der Waals surface area contributed by atoms with Crippen LogP contribution in [0.2, 0.25) is 0 Å².